The van der Waals surface area contributed by atoms with Crippen LogP contribution in [0.1, 0.15) is 21.5 Å². The van der Waals surface area contributed by atoms with E-state index >= 15 is 0 Å². The Balaban J connectivity index is 2.27. The van der Waals surface area contributed by atoms with Crippen LogP contribution in [0, 0.1) is 6.92 Å². The van der Waals surface area contributed by atoms with E-state index in [1.165, 1.54) is 18.2 Å². The van der Waals surface area contributed by atoms with E-state index in [2.05, 4.69) is 4.98 Å². The summed E-state index contributed by atoms with van der Waals surface area (Å²) in [5.74, 6) is -1.21. The number of carboxylic acids is 1. The van der Waals surface area contributed by atoms with Gasteiger partial charge in [-0.25, -0.2) is 13.2 Å². The number of aromatic carboxylic acids is 1. The number of hydrogen-bond donors (Lipinski definition) is 1. The Bertz CT molecular complexity index is 754. The number of aromatic nitrogens is 1. The molecule has 0 aliphatic heterocycles. The summed E-state index contributed by atoms with van der Waals surface area (Å²) >= 11 is 0. The Morgan fingerprint density at radius 3 is 2.48 bits per heavy atom. The van der Waals surface area contributed by atoms with Crippen molar-refractivity contribution in [2.45, 2.75) is 18.2 Å². The summed E-state index contributed by atoms with van der Waals surface area (Å²) in [6, 6.07) is 7.66. The van der Waals surface area contributed by atoms with Crippen LogP contribution in [0.2, 0.25) is 0 Å². The molecular formula is C15H15NO4S. The zero-order chi connectivity index (χ0) is 15.5. The number of aryl methyl sites for hydroxylation is 2. The van der Waals surface area contributed by atoms with Crippen molar-refractivity contribution in [3.8, 4) is 0 Å². The first-order valence-electron chi connectivity index (χ1n) is 6.36. The van der Waals surface area contributed by atoms with Gasteiger partial charge in [-0.3, -0.25) is 4.98 Å². The predicted molar refractivity (Wildman–Crippen MR) is 78.1 cm³/mol. The molecule has 0 aliphatic rings. The number of carbonyl (C=O) groups is 1. The third-order valence-corrected chi connectivity index (χ3v) is 5.03. The van der Waals surface area contributed by atoms with Gasteiger partial charge in [-0.2, -0.15) is 0 Å². The van der Waals surface area contributed by atoms with Crippen molar-refractivity contribution in [3.05, 3.63) is 59.4 Å². The molecule has 0 fully saturated rings. The molecule has 6 heteroatoms. The van der Waals surface area contributed by atoms with Gasteiger partial charge < -0.3 is 5.11 Å². The first-order chi connectivity index (χ1) is 9.90. The number of rotatable bonds is 5. The second-order valence-corrected chi connectivity index (χ2v) is 6.79. The number of pyridine rings is 1. The van der Waals surface area contributed by atoms with Gasteiger partial charge in [0, 0.05) is 12.4 Å². The van der Waals surface area contributed by atoms with Crippen molar-refractivity contribution in [1.82, 2.24) is 4.98 Å². The lowest BCUT2D eigenvalue weighted by Gasteiger charge is -2.09. The van der Waals surface area contributed by atoms with E-state index in [4.69, 9.17) is 5.11 Å². The largest absolute Gasteiger partial charge is 0.478 e. The number of sulfone groups is 1. The maximum atomic E-state index is 12.4. The molecule has 2 aromatic rings. The molecule has 0 aliphatic carbocycles. The minimum atomic E-state index is -3.53. The Labute approximate surface area is 123 Å². The highest BCUT2D eigenvalue weighted by atomic mass is 32.2. The van der Waals surface area contributed by atoms with Gasteiger partial charge in [-0.15, -0.1) is 0 Å². The zero-order valence-corrected chi connectivity index (χ0v) is 12.3. The van der Waals surface area contributed by atoms with E-state index < -0.39 is 15.8 Å². The molecule has 1 aromatic carbocycles. The van der Waals surface area contributed by atoms with Gasteiger partial charge >= 0.3 is 5.97 Å². The fraction of sp³-hybridized carbons (Fsp3) is 0.200. The van der Waals surface area contributed by atoms with E-state index in [-0.39, 0.29) is 16.2 Å². The third-order valence-electron chi connectivity index (χ3n) is 3.18. The van der Waals surface area contributed by atoms with Crippen molar-refractivity contribution < 1.29 is 18.3 Å². The molecule has 0 radical (unpaired) electrons. The molecule has 21 heavy (non-hydrogen) atoms. The van der Waals surface area contributed by atoms with Gasteiger partial charge in [0.05, 0.1) is 16.2 Å². The monoisotopic (exact) mass is 305 g/mol. The van der Waals surface area contributed by atoms with E-state index in [1.807, 2.05) is 0 Å². The molecule has 0 saturated heterocycles. The van der Waals surface area contributed by atoms with Crippen LogP contribution in [0.3, 0.4) is 0 Å². The Hall–Kier alpha value is -2.21. The van der Waals surface area contributed by atoms with Gasteiger partial charge in [0.15, 0.2) is 9.84 Å². The number of benzene rings is 1. The van der Waals surface area contributed by atoms with Crippen molar-refractivity contribution in [3.63, 3.8) is 0 Å². The molecule has 1 aromatic heterocycles. The molecule has 0 saturated carbocycles. The second-order valence-electron chi connectivity index (χ2n) is 4.71. The van der Waals surface area contributed by atoms with Gasteiger partial charge in [-0.1, -0.05) is 6.07 Å². The van der Waals surface area contributed by atoms with Gasteiger partial charge in [0.25, 0.3) is 0 Å². The average molecular weight is 305 g/mol. The van der Waals surface area contributed by atoms with Crippen molar-refractivity contribution in [2.75, 3.05) is 5.75 Å². The third kappa shape index (κ3) is 3.66. The van der Waals surface area contributed by atoms with Crippen molar-refractivity contribution in [1.29, 1.82) is 0 Å². The topological polar surface area (TPSA) is 84.3 Å². The maximum Gasteiger partial charge on any atom is 0.335 e. The Kier molecular flexibility index (Phi) is 4.37. The van der Waals surface area contributed by atoms with Crippen LogP contribution in [-0.4, -0.2) is 30.2 Å². The minimum absolute atomic E-state index is 0.0249. The summed E-state index contributed by atoms with van der Waals surface area (Å²) in [6.07, 6.45) is 3.58. The molecule has 2 rings (SSSR count). The first kappa shape index (κ1) is 15.2. The average Bonchev–Trinajstić information content (AvgIpc) is 2.46. The molecule has 5 nitrogen and oxygen atoms in total. The highest BCUT2D eigenvalue weighted by Gasteiger charge is 2.19. The van der Waals surface area contributed by atoms with Crippen LogP contribution in [0.5, 0.6) is 0 Å². The first-order valence-corrected chi connectivity index (χ1v) is 8.01. The van der Waals surface area contributed by atoms with Crippen LogP contribution >= 0.6 is 0 Å². The minimum Gasteiger partial charge on any atom is -0.478 e. The summed E-state index contributed by atoms with van der Waals surface area (Å²) in [7, 11) is -3.53. The van der Waals surface area contributed by atoms with Gasteiger partial charge in [0.1, 0.15) is 0 Å². The van der Waals surface area contributed by atoms with Crippen LogP contribution in [0.4, 0.5) is 0 Å². The quantitative estimate of drug-likeness (QED) is 0.914. The fourth-order valence-corrected chi connectivity index (χ4v) is 3.57. The Morgan fingerprint density at radius 1 is 1.19 bits per heavy atom. The smallest absolute Gasteiger partial charge is 0.335 e. The lowest BCUT2D eigenvalue weighted by atomic mass is 10.1. The predicted octanol–water partition coefficient (Wildman–Crippen LogP) is 2.10. The summed E-state index contributed by atoms with van der Waals surface area (Å²) in [5.41, 5.74) is 1.40. The van der Waals surface area contributed by atoms with Crippen molar-refractivity contribution in [2.24, 2.45) is 0 Å². The molecule has 110 valence electrons. The van der Waals surface area contributed by atoms with Crippen molar-refractivity contribution >= 4 is 15.8 Å². The molecule has 0 amide bonds. The molecule has 0 atom stereocenters. The summed E-state index contributed by atoms with van der Waals surface area (Å²) < 4.78 is 24.8. The number of hydrogen-bond acceptors (Lipinski definition) is 4. The lowest BCUT2D eigenvalue weighted by Crippen LogP contribution is -2.12. The van der Waals surface area contributed by atoms with E-state index in [1.54, 1.807) is 31.5 Å². The van der Waals surface area contributed by atoms with Crippen LogP contribution in [0.25, 0.3) is 0 Å². The summed E-state index contributed by atoms with van der Waals surface area (Å²) in [4.78, 5) is 14.9. The van der Waals surface area contributed by atoms with Crippen LogP contribution < -0.4 is 0 Å². The number of carboxylic acid groups (broad SMARTS) is 1. The number of nitrogens with zero attached hydrogens (tertiary/aromatic N) is 1. The summed E-state index contributed by atoms with van der Waals surface area (Å²) in [6.45, 7) is 1.66. The van der Waals surface area contributed by atoms with Crippen LogP contribution in [0.15, 0.2) is 47.6 Å². The van der Waals surface area contributed by atoms with E-state index in [0.717, 1.165) is 5.56 Å². The fourth-order valence-electron chi connectivity index (χ4n) is 1.98. The van der Waals surface area contributed by atoms with E-state index in [0.29, 0.717) is 12.0 Å². The SMILES string of the molecule is Cc1ccc(C(=O)O)cc1S(=O)(=O)CCc1ccncc1. The zero-order valence-electron chi connectivity index (χ0n) is 11.5. The second kappa shape index (κ2) is 6.05. The molecule has 0 spiro atoms. The molecule has 0 bridgehead atoms. The highest BCUT2D eigenvalue weighted by molar-refractivity contribution is 7.91. The standard InChI is InChI=1S/C15H15NO4S/c1-11-2-3-13(15(17)18)10-14(11)21(19,20)9-6-12-4-7-16-8-5-12/h2-5,7-8,10H,6,9H2,1H3,(H,17,18). The molecule has 0 unspecified atom stereocenters. The molecule has 1 N–H and O–H groups in total. The van der Waals surface area contributed by atoms with Gasteiger partial charge in [-0.05, 0) is 48.7 Å². The maximum absolute atomic E-state index is 12.4. The lowest BCUT2D eigenvalue weighted by molar-refractivity contribution is 0.0696. The normalized spacial score (nSPS) is 11.3. The Morgan fingerprint density at radius 2 is 1.86 bits per heavy atom. The van der Waals surface area contributed by atoms with E-state index in [9.17, 15) is 13.2 Å². The molecular weight excluding hydrogens is 290 g/mol. The highest BCUT2D eigenvalue weighted by Crippen LogP contribution is 2.19. The summed E-state index contributed by atoms with van der Waals surface area (Å²) in [5, 5.41) is 8.97. The molecule has 1 heterocycles. The van der Waals surface area contributed by atoms with Crippen LogP contribution in [-0.2, 0) is 16.3 Å². The van der Waals surface area contributed by atoms with Gasteiger partial charge in [0.2, 0.25) is 0 Å².